The molecule has 66 heavy (non-hydrogen) atoms. The van der Waals surface area contributed by atoms with Gasteiger partial charge in [0.15, 0.2) is 5.82 Å². The molecule has 0 fully saturated rings. The number of fused-ring (bicyclic) bond motifs is 4. The Balaban J connectivity index is 0.982. The fourth-order valence-electron chi connectivity index (χ4n) is 9.41. The van der Waals surface area contributed by atoms with Crippen LogP contribution in [0.3, 0.4) is 0 Å². The highest BCUT2D eigenvalue weighted by atomic mass is 14.9. The van der Waals surface area contributed by atoms with Crippen LogP contribution in [-0.4, -0.2) is 15.0 Å². The fourth-order valence-corrected chi connectivity index (χ4v) is 9.41. The van der Waals surface area contributed by atoms with Crippen molar-refractivity contribution in [1.82, 2.24) is 15.0 Å². The summed E-state index contributed by atoms with van der Waals surface area (Å²) >= 11 is 0. The number of hydrogen-bond donors (Lipinski definition) is 0. The van der Waals surface area contributed by atoms with E-state index in [0.717, 1.165) is 88.8 Å². The number of hydrogen-bond acceptors (Lipinski definition) is 3. The van der Waals surface area contributed by atoms with Gasteiger partial charge in [-0.15, -0.1) is 0 Å². The summed E-state index contributed by atoms with van der Waals surface area (Å²) < 4.78 is 0. The average Bonchev–Trinajstić information content (AvgIpc) is 3.41. The van der Waals surface area contributed by atoms with E-state index in [1.165, 1.54) is 27.5 Å². The topological polar surface area (TPSA) is 38.7 Å². The van der Waals surface area contributed by atoms with Crippen molar-refractivity contribution in [3.63, 3.8) is 0 Å². The van der Waals surface area contributed by atoms with E-state index in [9.17, 15) is 0 Å². The summed E-state index contributed by atoms with van der Waals surface area (Å²) in [4.78, 5) is 15.9. The number of rotatable bonds is 8. The summed E-state index contributed by atoms with van der Waals surface area (Å²) in [6.07, 6.45) is 0. The van der Waals surface area contributed by atoms with E-state index in [-0.39, 0.29) is 0 Å². The van der Waals surface area contributed by atoms with E-state index in [1.54, 1.807) is 0 Å². The van der Waals surface area contributed by atoms with Crippen LogP contribution in [0.2, 0.25) is 0 Å². The number of nitrogens with zero attached hydrogens (tertiary/aromatic N) is 3. The zero-order valence-corrected chi connectivity index (χ0v) is 36.0. The van der Waals surface area contributed by atoms with Crippen LogP contribution in [0.1, 0.15) is 0 Å². The van der Waals surface area contributed by atoms with Gasteiger partial charge < -0.3 is 0 Å². The predicted molar refractivity (Wildman–Crippen MR) is 276 cm³/mol. The average molecular weight is 840 g/mol. The van der Waals surface area contributed by atoms with Gasteiger partial charge in [-0.05, 0) is 102 Å². The molecule has 3 heteroatoms. The maximum atomic E-state index is 5.37. The molecule has 10 aromatic carbocycles. The Morgan fingerprint density at radius 2 is 0.682 bits per heavy atom. The minimum absolute atomic E-state index is 0.682. The first kappa shape index (κ1) is 38.9. The third kappa shape index (κ3) is 7.29. The van der Waals surface area contributed by atoms with Gasteiger partial charge in [-0.25, -0.2) is 15.0 Å². The van der Waals surface area contributed by atoms with Gasteiger partial charge in [-0.2, -0.15) is 0 Å². The summed E-state index contributed by atoms with van der Waals surface area (Å²) in [6.45, 7) is 0. The van der Waals surface area contributed by atoms with Gasteiger partial charge in [0.05, 0.1) is 22.6 Å². The second-order valence-electron chi connectivity index (χ2n) is 16.7. The Kier molecular flexibility index (Phi) is 9.85. The summed E-state index contributed by atoms with van der Waals surface area (Å²) in [5, 5.41) is 5.80. The Hall–Kier alpha value is -8.79. The molecule has 0 bridgehead atoms. The lowest BCUT2D eigenvalue weighted by Crippen LogP contribution is -1.97. The molecule has 0 radical (unpaired) electrons. The Bertz CT molecular complexity index is 3630. The van der Waals surface area contributed by atoms with Crippen LogP contribution >= 0.6 is 0 Å². The van der Waals surface area contributed by atoms with Gasteiger partial charge in [0.2, 0.25) is 0 Å². The van der Waals surface area contributed by atoms with Crippen LogP contribution in [0, 0.1) is 0 Å². The second-order valence-corrected chi connectivity index (χ2v) is 16.7. The first-order valence-electron chi connectivity index (χ1n) is 22.4. The second kappa shape index (κ2) is 16.7. The van der Waals surface area contributed by atoms with Crippen LogP contribution in [0.5, 0.6) is 0 Å². The number of aromatic nitrogens is 3. The number of pyridine rings is 1. The Labute approximate surface area is 384 Å². The van der Waals surface area contributed by atoms with Crippen molar-refractivity contribution < 1.29 is 0 Å². The highest BCUT2D eigenvalue weighted by Gasteiger charge is 2.18. The van der Waals surface area contributed by atoms with Crippen LogP contribution in [0.25, 0.3) is 122 Å². The predicted octanol–water partition coefficient (Wildman–Crippen LogP) is 16.7. The Morgan fingerprint density at radius 1 is 0.227 bits per heavy atom. The van der Waals surface area contributed by atoms with Crippen molar-refractivity contribution in [1.29, 1.82) is 0 Å². The molecule has 2 heterocycles. The van der Waals surface area contributed by atoms with Crippen LogP contribution in [-0.2, 0) is 0 Å². The fraction of sp³-hybridized carbons (Fsp3) is 0. The largest absolute Gasteiger partial charge is 0.248 e. The van der Waals surface area contributed by atoms with Crippen molar-refractivity contribution in [3.05, 3.63) is 249 Å². The smallest absolute Gasteiger partial charge is 0.161 e. The van der Waals surface area contributed by atoms with Gasteiger partial charge in [0, 0.05) is 27.6 Å². The lowest BCUT2D eigenvalue weighted by atomic mass is 9.91. The molecular formula is C63H41N3. The zero-order chi connectivity index (χ0) is 43.8. The molecule has 0 aliphatic heterocycles. The van der Waals surface area contributed by atoms with E-state index in [1.807, 2.05) is 6.07 Å². The van der Waals surface area contributed by atoms with Crippen molar-refractivity contribution in [2.45, 2.75) is 0 Å². The van der Waals surface area contributed by atoms with E-state index in [2.05, 4.69) is 243 Å². The molecule has 0 unspecified atom stereocenters. The van der Waals surface area contributed by atoms with Crippen LogP contribution in [0.15, 0.2) is 249 Å². The molecule has 12 rings (SSSR count). The van der Waals surface area contributed by atoms with Crippen molar-refractivity contribution in [2.24, 2.45) is 0 Å². The highest BCUT2D eigenvalue weighted by molar-refractivity contribution is 6.14. The van der Waals surface area contributed by atoms with Crippen molar-refractivity contribution in [3.8, 4) is 89.7 Å². The maximum Gasteiger partial charge on any atom is 0.161 e. The molecule has 0 aliphatic carbocycles. The van der Waals surface area contributed by atoms with Crippen molar-refractivity contribution >= 4 is 32.4 Å². The number of benzene rings is 10. The molecule has 12 aromatic rings. The third-order valence-electron chi connectivity index (χ3n) is 12.7. The summed E-state index contributed by atoms with van der Waals surface area (Å²) in [5.41, 5.74) is 17.0. The first-order valence-corrected chi connectivity index (χ1v) is 22.4. The van der Waals surface area contributed by atoms with E-state index < -0.39 is 0 Å². The van der Waals surface area contributed by atoms with Gasteiger partial charge in [-0.1, -0.05) is 212 Å². The summed E-state index contributed by atoms with van der Waals surface area (Å²) in [7, 11) is 0. The van der Waals surface area contributed by atoms with E-state index >= 15 is 0 Å². The Morgan fingerprint density at radius 3 is 1.29 bits per heavy atom. The highest BCUT2D eigenvalue weighted by Crippen LogP contribution is 2.40. The SMILES string of the molecule is c1ccc(-c2cccc(-c3cc(-c4cccc(-c5ccccc5)c4)nc(-c4ccc(-c5ccc(-c6cc(-c7ccccc7)nc7ccc8ccccc8c67)cc5)c5ccccc45)n3)c2)cc1. The standard InChI is InChI=1S/C63H41N3/c1-4-16-42(17-5-1)48-23-14-25-50(38-48)60-41-61(51-26-15-24-49(39-51)43-18-6-2-7-19-43)66-63(65-60)56-36-35-52(54-28-12-13-29-55(54)56)45-30-32-46(33-31-45)57-40-59(47-21-8-3-9-22-47)64-58-37-34-44-20-10-11-27-53(44)62(57)58/h1-41H. The van der Waals surface area contributed by atoms with Gasteiger partial charge in [0.1, 0.15) is 0 Å². The minimum Gasteiger partial charge on any atom is -0.248 e. The van der Waals surface area contributed by atoms with E-state index in [4.69, 9.17) is 15.0 Å². The summed E-state index contributed by atoms with van der Waals surface area (Å²) in [5.74, 6) is 0.682. The molecule has 0 N–H and O–H groups in total. The quantitative estimate of drug-likeness (QED) is 0.143. The molecule has 0 atom stereocenters. The molecule has 0 aliphatic rings. The molecule has 2 aromatic heterocycles. The van der Waals surface area contributed by atoms with E-state index in [0.29, 0.717) is 5.82 Å². The lowest BCUT2D eigenvalue weighted by Gasteiger charge is -2.15. The van der Waals surface area contributed by atoms with Gasteiger partial charge >= 0.3 is 0 Å². The zero-order valence-electron chi connectivity index (χ0n) is 36.0. The molecule has 0 saturated heterocycles. The van der Waals surface area contributed by atoms with Crippen LogP contribution in [0.4, 0.5) is 0 Å². The van der Waals surface area contributed by atoms with Crippen molar-refractivity contribution in [2.75, 3.05) is 0 Å². The minimum atomic E-state index is 0.682. The van der Waals surface area contributed by atoms with Gasteiger partial charge in [-0.3, -0.25) is 0 Å². The van der Waals surface area contributed by atoms with Crippen LogP contribution < -0.4 is 0 Å². The maximum absolute atomic E-state index is 5.37. The lowest BCUT2D eigenvalue weighted by molar-refractivity contribution is 1.19. The molecule has 0 spiro atoms. The molecule has 0 amide bonds. The third-order valence-corrected chi connectivity index (χ3v) is 12.7. The normalized spacial score (nSPS) is 11.3. The molecule has 3 nitrogen and oxygen atoms in total. The molecular weight excluding hydrogens is 799 g/mol. The first-order chi connectivity index (χ1) is 32.7. The van der Waals surface area contributed by atoms with Gasteiger partial charge in [0.25, 0.3) is 0 Å². The summed E-state index contributed by atoms with van der Waals surface area (Å²) in [6, 6.07) is 88.2. The monoisotopic (exact) mass is 839 g/mol. The molecule has 0 saturated carbocycles. The molecule has 308 valence electrons.